The predicted molar refractivity (Wildman–Crippen MR) is 112 cm³/mol. The number of hydrogen-bond acceptors (Lipinski definition) is 9. The van der Waals surface area contributed by atoms with E-state index in [0.717, 1.165) is 23.5 Å². The molecule has 11 nitrogen and oxygen atoms in total. The maximum atomic E-state index is 13.0. The highest BCUT2D eigenvalue weighted by atomic mass is 32.2. The number of aromatic hydroxyl groups is 3. The van der Waals surface area contributed by atoms with E-state index in [1.54, 1.807) is 6.92 Å². The van der Waals surface area contributed by atoms with E-state index in [1.165, 1.54) is 11.2 Å². The average molecular weight is 471 g/mol. The van der Waals surface area contributed by atoms with Gasteiger partial charge < -0.3 is 26.0 Å². The van der Waals surface area contributed by atoms with Crippen molar-refractivity contribution in [2.24, 2.45) is 0 Å². The third-order valence-electron chi connectivity index (χ3n) is 4.73. The Morgan fingerprint density at radius 1 is 1.16 bits per heavy atom. The van der Waals surface area contributed by atoms with Crippen LogP contribution in [-0.4, -0.2) is 64.0 Å². The summed E-state index contributed by atoms with van der Waals surface area (Å²) < 4.78 is 27.3. The predicted octanol–water partition coefficient (Wildman–Crippen LogP) is 1.11. The van der Waals surface area contributed by atoms with Crippen molar-refractivity contribution < 1.29 is 33.3 Å². The average Bonchev–Trinajstić information content (AvgIpc) is 3.06. The van der Waals surface area contributed by atoms with Gasteiger partial charge in [0.2, 0.25) is 5.91 Å². The van der Waals surface area contributed by atoms with E-state index in [-0.39, 0.29) is 39.9 Å². The molecule has 3 rings (SSSR count). The molecule has 0 radical (unpaired) electrons. The molecule has 0 aliphatic carbocycles. The van der Waals surface area contributed by atoms with Crippen LogP contribution < -0.4 is 10.6 Å². The molecule has 0 bridgehead atoms. The molecule has 0 unspecified atom stereocenters. The molecule has 1 aliphatic rings. The van der Waals surface area contributed by atoms with E-state index in [4.69, 9.17) is 0 Å². The number of nitrogens with zero attached hydrogens (tertiary/aromatic N) is 2. The number of thiazole rings is 1. The number of phenolic OH excluding ortho intramolecular Hbond substituents is 3. The van der Waals surface area contributed by atoms with Crippen molar-refractivity contribution in [1.82, 2.24) is 14.6 Å². The quantitative estimate of drug-likeness (QED) is 0.405. The molecule has 0 atom stereocenters. The summed E-state index contributed by atoms with van der Waals surface area (Å²) in [4.78, 5) is 27.6. The third kappa shape index (κ3) is 4.89. The molecule has 168 valence electrons. The normalized spacial score (nSPS) is 15.5. The van der Waals surface area contributed by atoms with E-state index in [0.29, 0.717) is 18.5 Å². The fourth-order valence-electron chi connectivity index (χ4n) is 3.19. The van der Waals surface area contributed by atoms with Crippen LogP contribution in [-0.2, 0) is 14.8 Å². The van der Waals surface area contributed by atoms with Crippen LogP contribution in [0.15, 0.2) is 16.3 Å². The minimum absolute atomic E-state index is 0.0337. The summed E-state index contributed by atoms with van der Waals surface area (Å²) in [5, 5.41) is 33.9. The summed E-state index contributed by atoms with van der Waals surface area (Å²) in [6, 6.07) is 1.75. The minimum Gasteiger partial charge on any atom is -0.504 e. The van der Waals surface area contributed by atoms with Crippen LogP contribution in [0, 0.1) is 6.92 Å². The molecule has 1 aromatic heterocycles. The lowest BCUT2D eigenvalue weighted by atomic mass is 10.1. The number of hydrogen-bond donors (Lipinski definition) is 5. The van der Waals surface area contributed by atoms with Gasteiger partial charge in [0.15, 0.2) is 26.6 Å². The lowest BCUT2D eigenvalue weighted by molar-refractivity contribution is -0.114. The van der Waals surface area contributed by atoms with Gasteiger partial charge in [-0.1, -0.05) is 11.3 Å². The number of piperidine rings is 1. The maximum Gasteiger partial charge on any atom is 0.254 e. The van der Waals surface area contributed by atoms with Crippen molar-refractivity contribution >= 4 is 38.3 Å². The molecular formula is C18H22N4O7S2. The van der Waals surface area contributed by atoms with Crippen molar-refractivity contribution in [3.05, 3.63) is 23.4 Å². The first-order chi connectivity index (χ1) is 14.5. The van der Waals surface area contributed by atoms with Crippen LogP contribution in [0.1, 0.15) is 35.8 Å². The fourth-order valence-corrected chi connectivity index (χ4v) is 6.25. The van der Waals surface area contributed by atoms with E-state index in [1.807, 2.05) is 0 Å². The molecule has 2 heterocycles. The number of aryl methyl sites for hydroxylation is 1. The van der Waals surface area contributed by atoms with Gasteiger partial charge in [0.05, 0.1) is 5.69 Å². The second-order valence-corrected chi connectivity index (χ2v) is 10.2. The van der Waals surface area contributed by atoms with Gasteiger partial charge in [0, 0.05) is 31.6 Å². The molecule has 2 aromatic rings. The zero-order valence-corrected chi connectivity index (χ0v) is 18.4. The largest absolute Gasteiger partial charge is 0.504 e. The molecule has 13 heteroatoms. The standard InChI is InChI=1S/C18H22N4O7S2/c1-9-17(30-18(19-9)20-10(2)23)31(28,29)22-5-3-12(4-6-22)21-16(27)11-7-13(24)15(26)14(25)8-11/h7-8,12,24-26H,3-6H2,1-2H3,(H,21,27)(H,19,20,23). The van der Waals surface area contributed by atoms with Gasteiger partial charge in [-0.2, -0.15) is 4.31 Å². The Kier molecular flexibility index (Phi) is 6.38. The number of amides is 2. The summed E-state index contributed by atoms with van der Waals surface area (Å²) in [6.45, 7) is 3.22. The number of sulfonamides is 1. The zero-order chi connectivity index (χ0) is 22.9. The lowest BCUT2D eigenvalue weighted by Crippen LogP contribution is -2.46. The summed E-state index contributed by atoms with van der Waals surface area (Å²) in [5.41, 5.74) is 0.268. The first-order valence-corrected chi connectivity index (χ1v) is 11.6. The van der Waals surface area contributed by atoms with Gasteiger partial charge in [0.1, 0.15) is 0 Å². The van der Waals surface area contributed by atoms with Crippen LogP contribution in [0.2, 0.25) is 0 Å². The van der Waals surface area contributed by atoms with Crippen molar-refractivity contribution in [3.8, 4) is 17.2 Å². The Morgan fingerprint density at radius 3 is 2.29 bits per heavy atom. The summed E-state index contributed by atoms with van der Waals surface area (Å²) in [5.74, 6) is -2.86. The van der Waals surface area contributed by atoms with Crippen molar-refractivity contribution in [3.63, 3.8) is 0 Å². The van der Waals surface area contributed by atoms with Gasteiger partial charge in [-0.05, 0) is 31.9 Å². The van der Waals surface area contributed by atoms with Crippen molar-refractivity contribution in [2.45, 2.75) is 36.9 Å². The van der Waals surface area contributed by atoms with Gasteiger partial charge in [-0.3, -0.25) is 9.59 Å². The first kappa shape index (κ1) is 22.8. The van der Waals surface area contributed by atoms with E-state index < -0.39 is 33.2 Å². The van der Waals surface area contributed by atoms with Crippen LogP contribution >= 0.6 is 11.3 Å². The topological polar surface area (TPSA) is 169 Å². The number of carbonyl (C=O) groups is 2. The molecule has 1 fully saturated rings. The summed E-state index contributed by atoms with van der Waals surface area (Å²) >= 11 is 0.891. The molecule has 1 aromatic carbocycles. The highest BCUT2D eigenvalue weighted by Crippen LogP contribution is 2.35. The minimum atomic E-state index is -3.80. The Labute approximate surface area is 182 Å². The zero-order valence-electron chi connectivity index (χ0n) is 16.7. The Hall–Kier alpha value is -2.90. The number of benzene rings is 1. The number of rotatable bonds is 5. The van der Waals surface area contributed by atoms with E-state index in [9.17, 15) is 33.3 Å². The third-order valence-corrected chi connectivity index (χ3v) is 8.29. The molecule has 31 heavy (non-hydrogen) atoms. The molecule has 5 N–H and O–H groups in total. The number of phenols is 3. The van der Waals surface area contributed by atoms with Crippen LogP contribution in [0.4, 0.5) is 5.13 Å². The van der Waals surface area contributed by atoms with Crippen molar-refractivity contribution in [1.29, 1.82) is 0 Å². The molecule has 0 saturated carbocycles. The molecule has 2 amide bonds. The SMILES string of the molecule is CC(=O)Nc1nc(C)c(S(=O)(=O)N2CCC(NC(=O)c3cc(O)c(O)c(O)c3)CC2)s1. The van der Waals surface area contributed by atoms with Gasteiger partial charge in [-0.15, -0.1) is 0 Å². The number of carbonyl (C=O) groups excluding carboxylic acids is 2. The van der Waals surface area contributed by atoms with Crippen LogP contribution in [0.3, 0.4) is 0 Å². The molecular weight excluding hydrogens is 448 g/mol. The van der Waals surface area contributed by atoms with Gasteiger partial charge >= 0.3 is 0 Å². The number of aromatic nitrogens is 1. The van der Waals surface area contributed by atoms with Gasteiger partial charge in [0.25, 0.3) is 15.9 Å². The first-order valence-electron chi connectivity index (χ1n) is 9.30. The van der Waals surface area contributed by atoms with E-state index >= 15 is 0 Å². The Balaban J connectivity index is 1.64. The lowest BCUT2D eigenvalue weighted by Gasteiger charge is -2.31. The number of nitrogens with one attached hydrogen (secondary N) is 2. The second kappa shape index (κ2) is 8.69. The monoisotopic (exact) mass is 470 g/mol. The Bertz CT molecular complexity index is 1100. The van der Waals surface area contributed by atoms with Gasteiger partial charge in [-0.25, -0.2) is 13.4 Å². The van der Waals surface area contributed by atoms with E-state index in [2.05, 4.69) is 15.6 Å². The maximum absolute atomic E-state index is 13.0. The highest BCUT2D eigenvalue weighted by Gasteiger charge is 2.33. The summed E-state index contributed by atoms with van der Waals surface area (Å²) in [7, 11) is -3.80. The Morgan fingerprint density at radius 2 is 1.74 bits per heavy atom. The van der Waals surface area contributed by atoms with Crippen molar-refractivity contribution in [2.75, 3.05) is 18.4 Å². The highest BCUT2D eigenvalue weighted by molar-refractivity contribution is 7.91. The smallest absolute Gasteiger partial charge is 0.254 e. The second-order valence-electron chi connectivity index (χ2n) is 7.09. The molecule has 0 spiro atoms. The molecule has 1 saturated heterocycles. The molecule has 1 aliphatic heterocycles. The van der Waals surface area contributed by atoms with Crippen LogP contribution in [0.25, 0.3) is 0 Å². The van der Waals surface area contributed by atoms with Crippen LogP contribution in [0.5, 0.6) is 17.2 Å². The fraction of sp³-hybridized carbons (Fsp3) is 0.389. The number of anilines is 1. The summed E-state index contributed by atoms with van der Waals surface area (Å²) in [6.07, 6.45) is 0.717.